The van der Waals surface area contributed by atoms with Crippen LogP contribution in [0.15, 0.2) is 53.1 Å². The predicted molar refractivity (Wildman–Crippen MR) is 116 cm³/mol. The molecule has 0 unspecified atom stereocenters. The van der Waals surface area contributed by atoms with Gasteiger partial charge in [0.05, 0.1) is 43.8 Å². The van der Waals surface area contributed by atoms with Gasteiger partial charge in [-0.1, -0.05) is 18.2 Å². The van der Waals surface area contributed by atoms with Gasteiger partial charge in [-0.3, -0.25) is 9.69 Å². The molecule has 2 aromatic rings. The van der Waals surface area contributed by atoms with Gasteiger partial charge in [-0.15, -0.1) is 11.8 Å². The van der Waals surface area contributed by atoms with E-state index < -0.39 is 5.72 Å². The first-order valence-corrected chi connectivity index (χ1v) is 10.6. The average Bonchev–Trinajstić information content (AvgIpc) is 3.17. The van der Waals surface area contributed by atoms with Crippen LogP contribution in [-0.2, 0) is 10.5 Å². The van der Waals surface area contributed by atoms with Crippen LogP contribution in [0.25, 0.3) is 0 Å². The summed E-state index contributed by atoms with van der Waals surface area (Å²) in [5.74, 6) is 1.21. The lowest BCUT2D eigenvalue weighted by Gasteiger charge is -2.38. The number of methoxy groups -OCH3 is 3. The number of carbonyl (C=O) groups is 1. The third-order valence-corrected chi connectivity index (χ3v) is 6.88. The van der Waals surface area contributed by atoms with Crippen LogP contribution >= 0.6 is 11.8 Å². The number of rotatable bonds is 5. The highest BCUT2D eigenvalue weighted by molar-refractivity contribution is 8.03. The topological polar surface area (TPSA) is 92.0 Å². The van der Waals surface area contributed by atoms with Crippen molar-refractivity contribution >= 4 is 17.7 Å². The highest BCUT2D eigenvalue weighted by atomic mass is 32.2. The first-order chi connectivity index (χ1) is 15.0. The van der Waals surface area contributed by atoms with E-state index in [0.29, 0.717) is 33.4 Å². The Balaban J connectivity index is 1.79. The van der Waals surface area contributed by atoms with Crippen molar-refractivity contribution in [1.29, 1.82) is 5.26 Å². The van der Waals surface area contributed by atoms with Gasteiger partial charge in [-0.05, 0) is 29.8 Å². The molecule has 1 fully saturated rings. The Hall–Kier alpha value is -3.15. The minimum atomic E-state index is -1.59. The van der Waals surface area contributed by atoms with E-state index in [1.807, 2.05) is 24.3 Å². The fraction of sp³-hybridized carbons (Fsp3) is 0.304. The predicted octanol–water partition coefficient (Wildman–Crippen LogP) is 3.36. The quantitative estimate of drug-likeness (QED) is 0.765. The van der Waals surface area contributed by atoms with Crippen molar-refractivity contribution in [1.82, 2.24) is 4.90 Å². The summed E-state index contributed by atoms with van der Waals surface area (Å²) in [4.78, 5) is 14.6. The molecule has 160 valence electrons. The Morgan fingerprint density at radius 1 is 1.13 bits per heavy atom. The van der Waals surface area contributed by atoms with Crippen LogP contribution in [-0.4, -0.2) is 43.0 Å². The van der Waals surface area contributed by atoms with Gasteiger partial charge in [0.2, 0.25) is 5.91 Å². The highest BCUT2D eigenvalue weighted by Gasteiger charge is 2.52. The van der Waals surface area contributed by atoms with Crippen molar-refractivity contribution in [3.8, 4) is 23.3 Å². The number of carbonyl (C=O) groups excluding carboxylic acids is 1. The SMILES string of the molecule is COc1cccc([C@H]2CC(=O)N3C(=C2C#N)SC[C@@]3(O)c2ccc(OC)c(OC)c2)c1. The normalized spacial score (nSPS) is 22.7. The molecule has 1 saturated heterocycles. The molecular weight excluding hydrogens is 416 g/mol. The number of hydrogen-bond acceptors (Lipinski definition) is 7. The second-order valence-corrected chi connectivity index (χ2v) is 8.23. The van der Waals surface area contributed by atoms with Crippen LogP contribution in [0.5, 0.6) is 17.2 Å². The number of ether oxygens (including phenoxy) is 3. The third-order valence-electron chi connectivity index (χ3n) is 5.65. The summed E-state index contributed by atoms with van der Waals surface area (Å²) in [6.07, 6.45) is 0.0791. The van der Waals surface area contributed by atoms with Crippen LogP contribution in [0.1, 0.15) is 23.5 Å². The molecule has 1 N–H and O–H groups in total. The summed E-state index contributed by atoms with van der Waals surface area (Å²) in [6.45, 7) is 0. The van der Waals surface area contributed by atoms with Crippen molar-refractivity contribution in [2.24, 2.45) is 0 Å². The minimum Gasteiger partial charge on any atom is -0.497 e. The van der Waals surface area contributed by atoms with Gasteiger partial charge in [-0.2, -0.15) is 5.26 Å². The van der Waals surface area contributed by atoms with Crippen molar-refractivity contribution in [2.45, 2.75) is 18.1 Å². The average molecular weight is 439 g/mol. The Bertz CT molecular complexity index is 1110. The molecule has 7 nitrogen and oxygen atoms in total. The minimum absolute atomic E-state index is 0.0791. The fourth-order valence-electron chi connectivity index (χ4n) is 4.07. The Morgan fingerprint density at radius 2 is 1.90 bits per heavy atom. The van der Waals surface area contributed by atoms with E-state index >= 15 is 0 Å². The lowest BCUT2D eigenvalue weighted by Crippen LogP contribution is -2.48. The third kappa shape index (κ3) is 3.40. The molecule has 2 aromatic carbocycles. The summed E-state index contributed by atoms with van der Waals surface area (Å²) in [5, 5.41) is 22.0. The van der Waals surface area contributed by atoms with Gasteiger partial charge < -0.3 is 19.3 Å². The second-order valence-electron chi connectivity index (χ2n) is 7.27. The molecule has 0 aliphatic carbocycles. The van der Waals surface area contributed by atoms with Crippen molar-refractivity contribution in [3.05, 3.63) is 64.2 Å². The molecule has 4 rings (SSSR count). The number of nitriles is 1. The number of aliphatic hydroxyl groups is 1. The maximum absolute atomic E-state index is 13.3. The molecule has 0 aromatic heterocycles. The molecule has 0 radical (unpaired) electrons. The molecule has 8 heteroatoms. The lowest BCUT2D eigenvalue weighted by atomic mass is 9.85. The van der Waals surface area contributed by atoms with Gasteiger partial charge in [0, 0.05) is 17.9 Å². The van der Waals surface area contributed by atoms with E-state index in [-0.39, 0.29) is 24.0 Å². The number of amides is 1. The summed E-state index contributed by atoms with van der Waals surface area (Å²) < 4.78 is 15.9. The van der Waals surface area contributed by atoms with E-state index in [9.17, 15) is 15.2 Å². The van der Waals surface area contributed by atoms with E-state index in [4.69, 9.17) is 14.2 Å². The van der Waals surface area contributed by atoms with Crippen LogP contribution in [0, 0.1) is 11.3 Å². The van der Waals surface area contributed by atoms with Gasteiger partial charge in [0.25, 0.3) is 0 Å². The number of nitrogens with zero attached hydrogens (tertiary/aromatic N) is 2. The first-order valence-electron chi connectivity index (χ1n) is 9.65. The number of benzene rings is 2. The molecule has 31 heavy (non-hydrogen) atoms. The van der Waals surface area contributed by atoms with E-state index in [2.05, 4.69) is 6.07 Å². The standard InChI is InChI=1S/C23H22N2O5S/c1-28-16-6-4-5-14(9-16)17-11-21(26)25-22(18(17)12-24)31-13-23(25,27)15-7-8-19(29-2)20(10-15)30-3/h4-10,17,27H,11,13H2,1-3H3/t17-,23-/m1/s1. The smallest absolute Gasteiger partial charge is 0.231 e. The lowest BCUT2D eigenvalue weighted by molar-refractivity contribution is -0.149. The maximum atomic E-state index is 13.3. The molecule has 0 spiro atoms. The van der Waals surface area contributed by atoms with E-state index in [1.54, 1.807) is 25.3 Å². The van der Waals surface area contributed by atoms with Crippen molar-refractivity contribution < 1.29 is 24.1 Å². The zero-order valence-corrected chi connectivity index (χ0v) is 18.2. The number of thioether (sulfide) groups is 1. The van der Waals surface area contributed by atoms with E-state index in [0.717, 1.165) is 5.56 Å². The zero-order chi connectivity index (χ0) is 22.2. The molecule has 0 saturated carbocycles. The summed E-state index contributed by atoms with van der Waals surface area (Å²) in [6, 6.07) is 14.7. The second kappa shape index (κ2) is 8.17. The Morgan fingerprint density at radius 3 is 2.58 bits per heavy atom. The zero-order valence-electron chi connectivity index (χ0n) is 17.4. The molecule has 2 aliphatic rings. The first kappa shape index (κ1) is 21.1. The number of hydrogen-bond donors (Lipinski definition) is 1. The van der Waals surface area contributed by atoms with Crippen LogP contribution < -0.4 is 14.2 Å². The molecular formula is C23H22N2O5S. The van der Waals surface area contributed by atoms with Crippen molar-refractivity contribution in [2.75, 3.05) is 27.1 Å². The Labute approximate surface area is 184 Å². The molecule has 2 heterocycles. The fourth-order valence-corrected chi connectivity index (χ4v) is 5.43. The van der Waals surface area contributed by atoms with Crippen LogP contribution in [0.2, 0.25) is 0 Å². The van der Waals surface area contributed by atoms with Gasteiger partial charge in [0.15, 0.2) is 17.2 Å². The van der Waals surface area contributed by atoms with Crippen LogP contribution in [0.4, 0.5) is 0 Å². The Kier molecular flexibility index (Phi) is 5.56. The summed E-state index contributed by atoms with van der Waals surface area (Å²) in [7, 11) is 4.62. The van der Waals surface area contributed by atoms with Crippen LogP contribution in [0.3, 0.4) is 0 Å². The summed E-state index contributed by atoms with van der Waals surface area (Å²) in [5.41, 5.74) is 0.212. The van der Waals surface area contributed by atoms with Gasteiger partial charge >= 0.3 is 0 Å². The highest BCUT2D eigenvalue weighted by Crippen LogP contribution is 2.52. The number of allylic oxidation sites excluding steroid dienone is 1. The maximum Gasteiger partial charge on any atom is 0.231 e. The van der Waals surface area contributed by atoms with Crippen molar-refractivity contribution in [3.63, 3.8) is 0 Å². The monoisotopic (exact) mass is 438 g/mol. The molecule has 0 bridgehead atoms. The van der Waals surface area contributed by atoms with Gasteiger partial charge in [0.1, 0.15) is 5.75 Å². The van der Waals surface area contributed by atoms with Gasteiger partial charge in [-0.25, -0.2) is 0 Å². The number of fused-ring (bicyclic) bond motifs is 1. The largest absolute Gasteiger partial charge is 0.497 e. The van der Waals surface area contributed by atoms with E-state index in [1.165, 1.54) is 30.9 Å². The molecule has 1 amide bonds. The molecule has 2 atom stereocenters. The molecule has 2 aliphatic heterocycles. The summed E-state index contributed by atoms with van der Waals surface area (Å²) >= 11 is 1.31.